The van der Waals surface area contributed by atoms with Gasteiger partial charge in [0.15, 0.2) is 5.65 Å². The SMILES string of the molecule is Cc1ccccc1C(=O)Nc1cccc(-c2ccnc3c(C(=O)c4cccs4)cnn23)c1. The number of thiophene rings is 1. The summed E-state index contributed by atoms with van der Waals surface area (Å²) >= 11 is 1.39. The lowest BCUT2D eigenvalue weighted by Gasteiger charge is -2.10. The van der Waals surface area contributed by atoms with Crippen LogP contribution in [0.2, 0.25) is 0 Å². The van der Waals surface area contributed by atoms with Crippen molar-refractivity contribution in [3.05, 3.63) is 106 Å². The number of nitrogens with zero attached hydrogens (tertiary/aromatic N) is 3. The van der Waals surface area contributed by atoms with Gasteiger partial charge in [-0.2, -0.15) is 5.10 Å². The molecule has 0 unspecified atom stereocenters. The smallest absolute Gasteiger partial charge is 0.255 e. The molecule has 0 fully saturated rings. The number of anilines is 1. The minimum Gasteiger partial charge on any atom is -0.322 e. The Balaban J connectivity index is 1.49. The number of fused-ring (bicyclic) bond motifs is 1. The minimum absolute atomic E-state index is 0.0982. The predicted molar refractivity (Wildman–Crippen MR) is 125 cm³/mol. The van der Waals surface area contributed by atoms with Crippen molar-refractivity contribution in [2.75, 3.05) is 5.32 Å². The third kappa shape index (κ3) is 3.59. The molecule has 32 heavy (non-hydrogen) atoms. The summed E-state index contributed by atoms with van der Waals surface area (Å²) in [7, 11) is 0. The summed E-state index contributed by atoms with van der Waals surface area (Å²) in [4.78, 5) is 30.6. The molecule has 0 bridgehead atoms. The molecular formula is C25H18N4O2S. The molecule has 6 nitrogen and oxygen atoms in total. The van der Waals surface area contributed by atoms with Gasteiger partial charge in [0, 0.05) is 23.0 Å². The Labute approximate surface area is 188 Å². The number of benzene rings is 2. The summed E-state index contributed by atoms with van der Waals surface area (Å²) in [5.41, 5.74) is 4.78. The van der Waals surface area contributed by atoms with Crippen LogP contribution in [0.3, 0.4) is 0 Å². The zero-order valence-electron chi connectivity index (χ0n) is 17.1. The topological polar surface area (TPSA) is 76.4 Å². The lowest BCUT2D eigenvalue weighted by atomic mass is 10.1. The van der Waals surface area contributed by atoms with Gasteiger partial charge in [0.2, 0.25) is 5.78 Å². The van der Waals surface area contributed by atoms with E-state index in [-0.39, 0.29) is 11.7 Å². The fraction of sp³-hybridized carbons (Fsp3) is 0.0400. The number of carbonyl (C=O) groups excluding carboxylic acids is 2. The monoisotopic (exact) mass is 438 g/mol. The fourth-order valence-electron chi connectivity index (χ4n) is 3.59. The summed E-state index contributed by atoms with van der Waals surface area (Å²) in [5, 5.41) is 9.26. The summed E-state index contributed by atoms with van der Waals surface area (Å²) in [6.07, 6.45) is 3.22. The van der Waals surface area contributed by atoms with E-state index in [4.69, 9.17) is 0 Å². The van der Waals surface area contributed by atoms with Gasteiger partial charge in [0.25, 0.3) is 5.91 Å². The summed E-state index contributed by atoms with van der Waals surface area (Å²) in [6.45, 7) is 1.91. The Kier molecular flexibility index (Phi) is 5.09. The fourth-order valence-corrected chi connectivity index (χ4v) is 4.27. The zero-order valence-corrected chi connectivity index (χ0v) is 18.0. The van der Waals surface area contributed by atoms with Gasteiger partial charge in [-0.05, 0) is 48.2 Å². The molecule has 3 aromatic heterocycles. The van der Waals surface area contributed by atoms with Crippen LogP contribution in [0, 0.1) is 6.92 Å². The minimum atomic E-state index is -0.164. The Morgan fingerprint density at radius 3 is 2.66 bits per heavy atom. The number of hydrogen-bond acceptors (Lipinski definition) is 5. The standard InChI is InChI=1S/C25H18N4O2S/c1-16-6-2-3-9-19(16)25(31)28-18-8-4-7-17(14-18)21-11-12-26-24-20(15-27-29(21)24)23(30)22-10-5-13-32-22/h2-15H,1H3,(H,28,31). The number of amides is 1. The van der Waals surface area contributed by atoms with Crippen LogP contribution in [0.5, 0.6) is 0 Å². The summed E-state index contributed by atoms with van der Waals surface area (Å²) in [6, 6.07) is 20.5. The van der Waals surface area contributed by atoms with Crippen molar-refractivity contribution in [2.45, 2.75) is 6.92 Å². The van der Waals surface area contributed by atoms with E-state index in [1.54, 1.807) is 29.0 Å². The largest absolute Gasteiger partial charge is 0.322 e. The van der Waals surface area contributed by atoms with E-state index in [1.165, 1.54) is 11.3 Å². The number of ketones is 1. The predicted octanol–water partition coefficient (Wildman–Crippen LogP) is 5.25. The molecule has 0 aliphatic carbocycles. The Morgan fingerprint density at radius 2 is 1.84 bits per heavy atom. The first-order valence-electron chi connectivity index (χ1n) is 10.0. The average molecular weight is 439 g/mol. The van der Waals surface area contributed by atoms with Crippen LogP contribution >= 0.6 is 11.3 Å². The normalized spacial score (nSPS) is 10.9. The third-order valence-electron chi connectivity index (χ3n) is 5.20. The number of hydrogen-bond donors (Lipinski definition) is 1. The van der Waals surface area contributed by atoms with Gasteiger partial charge in [-0.1, -0.05) is 36.4 Å². The van der Waals surface area contributed by atoms with E-state index in [0.717, 1.165) is 16.8 Å². The molecule has 0 spiro atoms. The van der Waals surface area contributed by atoms with E-state index < -0.39 is 0 Å². The quantitative estimate of drug-likeness (QED) is 0.380. The van der Waals surface area contributed by atoms with E-state index in [2.05, 4.69) is 15.4 Å². The third-order valence-corrected chi connectivity index (χ3v) is 6.07. The zero-order chi connectivity index (χ0) is 22.1. The number of aromatic nitrogens is 3. The van der Waals surface area contributed by atoms with Gasteiger partial charge in [-0.15, -0.1) is 11.3 Å². The molecule has 0 saturated carbocycles. The Morgan fingerprint density at radius 1 is 0.969 bits per heavy atom. The van der Waals surface area contributed by atoms with E-state index in [1.807, 2.05) is 66.9 Å². The maximum Gasteiger partial charge on any atom is 0.255 e. The van der Waals surface area contributed by atoms with Crippen molar-refractivity contribution in [1.82, 2.24) is 14.6 Å². The van der Waals surface area contributed by atoms with Crippen LogP contribution in [0.15, 0.2) is 84.5 Å². The molecule has 1 amide bonds. The highest BCUT2D eigenvalue weighted by Crippen LogP contribution is 2.25. The number of nitrogens with one attached hydrogen (secondary N) is 1. The highest BCUT2D eigenvalue weighted by molar-refractivity contribution is 7.12. The number of aryl methyl sites for hydroxylation is 1. The van der Waals surface area contributed by atoms with Gasteiger partial charge in [0.05, 0.1) is 22.3 Å². The van der Waals surface area contributed by atoms with Crippen LogP contribution in [-0.4, -0.2) is 26.3 Å². The van der Waals surface area contributed by atoms with Gasteiger partial charge in [-0.25, -0.2) is 9.50 Å². The molecule has 3 heterocycles. The van der Waals surface area contributed by atoms with Gasteiger partial charge in [-0.3, -0.25) is 9.59 Å². The highest BCUT2D eigenvalue weighted by atomic mass is 32.1. The first kappa shape index (κ1) is 19.8. The molecule has 1 N–H and O–H groups in total. The summed E-state index contributed by atoms with van der Waals surface area (Å²) in [5.74, 6) is -0.262. The molecule has 0 aliphatic heterocycles. The summed E-state index contributed by atoms with van der Waals surface area (Å²) < 4.78 is 1.66. The molecular weight excluding hydrogens is 420 g/mol. The van der Waals surface area contributed by atoms with E-state index >= 15 is 0 Å². The lowest BCUT2D eigenvalue weighted by Crippen LogP contribution is -2.13. The van der Waals surface area contributed by atoms with E-state index in [9.17, 15) is 9.59 Å². The maximum absolute atomic E-state index is 12.8. The molecule has 0 aliphatic rings. The van der Waals surface area contributed by atoms with Crippen molar-refractivity contribution in [2.24, 2.45) is 0 Å². The first-order chi connectivity index (χ1) is 15.6. The van der Waals surface area contributed by atoms with Crippen molar-refractivity contribution in [1.29, 1.82) is 0 Å². The second-order valence-corrected chi connectivity index (χ2v) is 8.23. The van der Waals surface area contributed by atoms with Crippen LogP contribution in [0.1, 0.15) is 31.2 Å². The lowest BCUT2D eigenvalue weighted by molar-refractivity contribution is 0.102. The Hall–Kier alpha value is -4.10. The number of rotatable bonds is 5. The van der Waals surface area contributed by atoms with Gasteiger partial charge < -0.3 is 5.32 Å². The molecule has 5 aromatic rings. The first-order valence-corrected chi connectivity index (χ1v) is 10.9. The van der Waals surface area contributed by atoms with Crippen molar-refractivity contribution < 1.29 is 9.59 Å². The van der Waals surface area contributed by atoms with Crippen LogP contribution in [0.25, 0.3) is 16.9 Å². The Bertz CT molecular complexity index is 1450. The van der Waals surface area contributed by atoms with Crippen molar-refractivity contribution in [3.63, 3.8) is 0 Å². The van der Waals surface area contributed by atoms with Crippen molar-refractivity contribution in [3.8, 4) is 11.3 Å². The molecule has 7 heteroatoms. The molecule has 156 valence electrons. The average Bonchev–Trinajstić information content (AvgIpc) is 3.49. The molecule has 0 saturated heterocycles. The van der Waals surface area contributed by atoms with Gasteiger partial charge >= 0.3 is 0 Å². The van der Waals surface area contributed by atoms with Crippen LogP contribution < -0.4 is 5.32 Å². The second-order valence-electron chi connectivity index (χ2n) is 7.28. The number of carbonyl (C=O) groups is 2. The maximum atomic E-state index is 12.8. The molecule has 0 radical (unpaired) electrons. The van der Waals surface area contributed by atoms with Crippen LogP contribution in [0.4, 0.5) is 5.69 Å². The molecule has 5 rings (SSSR count). The van der Waals surface area contributed by atoms with Gasteiger partial charge in [0.1, 0.15) is 0 Å². The second kappa shape index (κ2) is 8.20. The van der Waals surface area contributed by atoms with E-state index in [0.29, 0.717) is 27.3 Å². The van der Waals surface area contributed by atoms with Crippen LogP contribution in [-0.2, 0) is 0 Å². The highest BCUT2D eigenvalue weighted by Gasteiger charge is 2.18. The van der Waals surface area contributed by atoms with Crippen molar-refractivity contribution >= 4 is 34.4 Å². The molecule has 0 atom stereocenters. The molecule has 2 aromatic carbocycles.